The Labute approximate surface area is 104 Å². The lowest BCUT2D eigenvalue weighted by Crippen LogP contribution is -2.36. The molecule has 0 aromatic heterocycles. The summed E-state index contributed by atoms with van der Waals surface area (Å²) in [7, 11) is 0. The molecular weight excluding hydrogens is 213 g/mol. The van der Waals surface area contributed by atoms with Gasteiger partial charge in [0, 0.05) is 12.1 Å². The Balaban J connectivity index is 2.61. The second kappa shape index (κ2) is 7.44. The van der Waals surface area contributed by atoms with Gasteiger partial charge in [-0.2, -0.15) is 0 Å². The van der Waals surface area contributed by atoms with Crippen LogP contribution in [0, 0.1) is 5.82 Å². The smallest absolute Gasteiger partial charge is 0.126 e. The van der Waals surface area contributed by atoms with E-state index in [4.69, 9.17) is 0 Å². The summed E-state index contributed by atoms with van der Waals surface area (Å²) in [6, 6.07) is 7.91. The summed E-state index contributed by atoms with van der Waals surface area (Å²) in [6.45, 7) is 6.47. The number of halogens is 1. The number of nitrogens with one attached hydrogen (secondary N) is 1. The highest BCUT2D eigenvalue weighted by molar-refractivity contribution is 5.18. The predicted molar refractivity (Wildman–Crippen MR) is 71.7 cm³/mol. The molecule has 1 aromatic rings. The zero-order valence-electron chi connectivity index (χ0n) is 11.2. The van der Waals surface area contributed by atoms with Crippen LogP contribution in [0.25, 0.3) is 0 Å². The monoisotopic (exact) mass is 237 g/mol. The highest BCUT2D eigenvalue weighted by Crippen LogP contribution is 2.13. The number of rotatable bonds is 7. The maximum Gasteiger partial charge on any atom is 0.126 e. The molecule has 0 fully saturated rings. The summed E-state index contributed by atoms with van der Waals surface area (Å²) in [5.41, 5.74) is 0.821. The van der Waals surface area contributed by atoms with Crippen molar-refractivity contribution in [2.45, 2.75) is 58.5 Å². The van der Waals surface area contributed by atoms with Crippen molar-refractivity contribution in [2.75, 3.05) is 0 Å². The molecule has 1 N–H and O–H groups in total. The average Bonchev–Trinajstić information content (AvgIpc) is 2.28. The van der Waals surface area contributed by atoms with Crippen LogP contribution < -0.4 is 5.32 Å². The third-order valence-corrected chi connectivity index (χ3v) is 2.90. The van der Waals surface area contributed by atoms with Gasteiger partial charge in [0.15, 0.2) is 0 Å². The molecule has 96 valence electrons. The first-order valence-corrected chi connectivity index (χ1v) is 6.63. The maximum atomic E-state index is 13.6. The van der Waals surface area contributed by atoms with E-state index in [0.717, 1.165) is 18.4 Å². The van der Waals surface area contributed by atoms with Crippen LogP contribution in [0.5, 0.6) is 0 Å². The Kier molecular flexibility index (Phi) is 6.20. The Bertz CT molecular complexity index is 322. The number of unbranched alkanes of at least 4 members (excludes halogenated alkanes) is 1. The van der Waals surface area contributed by atoms with Gasteiger partial charge in [-0.1, -0.05) is 51.8 Å². The van der Waals surface area contributed by atoms with E-state index in [1.807, 2.05) is 12.1 Å². The lowest BCUT2D eigenvalue weighted by molar-refractivity contribution is 0.419. The molecular formula is C15H24FN. The summed E-state index contributed by atoms with van der Waals surface area (Å²) in [5, 5.41) is 3.52. The molecule has 2 heteroatoms. The molecule has 0 saturated carbocycles. The molecule has 0 spiro atoms. The Morgan fingerprint density at radius 2 is 1.94 bits per heavy atom. The van der Waals surface area contributed by atoms with Crippen LogP contribution in [-0.4, -0.2) is 12.1 Å². The minimum atomic E-state index is -0.0837. The fourth-order valence-electron chi connectivity index (χ4n) is 2.10. The van der Waals surface area contributed by atoms with Crippen LogP contribution in [0.4, 0.5) is 4.39 Å². The predicted octanol–water partition coefficient (Wildman–Crippen LogP) is 3.93. The third kappa shape index (κ3) is 5.31. The van der Waals surface area contributed by atoms with Crippen molar-refractivity contribution in [1.29, 1.82) is 0 Å². The van der Waals surface area contributed by atoms with E-state index in [1.165, 1.54) is 12.8 Å². The van der Waals surface area contributed by atoms with Crippen LogP contribution >= 0.6 is 0 Å². The maximum absolute atomic E-state index is 13.6. The second-order valence-corrected chi connectivity index (χ2v) is 4.96. The van der Waals surface area contributed by atoms with Crippen LogP contribution in [0.1, 0.15) is 45.6 Å². The molecule has 0 aliphatic heterocycles. The van der Waals surface area contributed by atoms with E-state index in [9.17, 15) is 4.39 Å². The number of benzene rings is 1. The molecule has 1 unspecified atom stereocenters. The van der Waals surface area contributed by atoms with Gasteiger partial charge in [0.25, 0.3) is 0 Å². The molecule has 1 nitrogen and oxygen atoms in total. The third-order valence-electron chi connectivity index (χ3n) is 2.90. The highest BCUT2D eigenvalue weighted by atomic mass is 19.1. The van der Waals surface area contributed by atoms with Crippen LogP contribution in [-0.2, 0) is 6.42 Å². The van der Waals surface area contributed by atoms with Crippen molar-refractivity contribution in [3.05, 3.63) is 35.6 Å². The first-order valence-electron chi connectivity index (χ1n) is 6.63. The zero-order valence-corrected chi connectivity index (χ0v) is 11.2. The molecule has 0 aliphatic carbocycles. The number of hydrogen-bond donors (Lipinski definition) is 1. The van der Waals surface area contributed by atoms with Crippen LogP contribution in [0.15, 0.2) is 24.3 Å². The van der Waals surface area contributed by atoms with Crippen molar-refractivity contribution in [3.8, 4) is 0 Å². The van der Waals surface area contributed by atoms with E-state index in [1.54, 1.807) is 12.1 Å². The van der Waals surface area contributed by atoms with E-state index in [2.05, 4.69) is 26.1 Å². The van der Waals surface area contributed by atoms with Gasteiger partial charge >= 0.3 is 0 Å². The van der Waals surface area contributed by atoms with Gasteiger partial charge in [0.1, 0.15) is 5.82 Å². The molecule has 0 amide bonds. The Morgan fingerprint density at radius 3 is 2.53 bits per heavy atom. The van der Waals surface area contributed by atoms with Crippen molar-refractivity contribution in [2.24, 2.45) is 0 Å². The molecule has 1 aromatic carbocycles. The molecule has 1 atom stereocenters. The topological polar surface area (TPSA) is 12.0 Å². The fourth-order valence-corrected chi connectivity index (χ4v) is 2.10. The normalized spacial score (nSPS) is 13.0. The molecule has 0 radical (unpaired) electrons. The van der Waals surface area contributed by atoms with Crippen molar-refractivity contribution in [1.82, 2.24) is 5.32 Å². The quantitative estimate of drug-likeness (QED) is 0.757. The minimum Gasteiger partial charge on any atom is -0.311 e. The van der Waals surface area contributed by atoms with Gasteiger partial charge in [-0.25, -0.2) is 4.39 Å². The van der Waals surface area contributed by atoms with Gasteiger partial charge < -0.3 is 5.32 Å². The average molecular weight is 237 g/mol. The van der Waals surface area contributed by atoms with Gasteiger partial charge in [-0.05, 0) is 24.5 Å². The van der Waals surface area contributed by atoms with Gasteiger partial charge in [0.05, 0.1) is 0 Å². The van der Waals surface area contributed by atoms with Crippen LogP contribution in [0.2, 0.25) is 0 Å². The largest absolute Gasteiger partial charge is 0.311 e. The molecule has 0 saturated heterocycles. The minimum absolute atomic E-state index is 0.0837. The SMILES string of the molecule is CCCCC(Cc1ccccc1F)NC(C)C. The van der Waals surface area contributed by atoms with Gasteiger partial charge in [0.2, 0.25) is 0 Å². The summed E-state index contributed by atoms with van der Waals surface area (Å²) < 4.78 is 13.6. The molecule has 0 aliphatic rings. The summed E-state index contributed by atoms with van der Waals surface area (Å²) in [4.78, 5) is 0. The highest BCUT2D eigenvalue weighted by Gasteiger charge is 2.12. The van der Waals surface area contributed by atoms with Crippen molar-refractivity contribution >= 4 is 0 Å². The van der Waals surface area contributed by atoms with Crippen molar-refractivity contribution < 1.29 is 4.39 Å². The Morgan fingerprint density at radius 1 is 1.24 bits per heavy atom. The van der Waals surface area contributed by atoms with Gasteiger partial charge in [-0.3, -0.25) is 0 Å². The molecule has 1 rings (SSSR count). The van der Waals surface area contributed by atoms with E-state index >= 15 is 0 Å². The van der Waals surface area contributed by atoms with E-state index < -0.39 is 0 Å². The van der Waals surface area contributed by atoms with Crippen LogP contribution in [0.3, 0.4) is 0 Å². The molecule has 17 heavy (non-hydrogen) atoms. The summed E-state index contributed by atoms with van der Waals surface area (Å²) in [5.74, 6) is -0.0837. The van der Waals surface area contributed by atoms with Crippen molar-refractivity contribution in [3.63, 3.8) is 0 Å². The first-order chi connectivity index (χ1) is 8.13. The first kappa shape index (κ1) is 14.2. The molecule has 0 bridgehead atoms. The second-order valence-electron chi connectivity index (χ2n) is 4.96. The lowest BCUT2D eigenvalue weighted by Gasteiger charge is -2.21. The summed E-state index contributed by atoms with van der Waals surface area (Å²) in [6.07, 6.45) is 4.28. The number of hydrogen-bond acceptors (Lipinski definition) is 1. The van der Waals surface area contributed by atoms with Gasteiger partial charge in [-0.15, -0.1) is 0 Å². The fraction of sp³-hybridized carbons (Fsp3) is 0.600. The zero-order chi connectivity index (χ0) is 12.7. The molecule has 0 heterocycles. The standard InChI is InChI=1S/C15H24FN/c1-4-5-9-14(17-12(2)3)11-13-8-6-7-10-15(13)16/h6-8,10,12,14,17H,4-5,9,11H2,1-3H3. The Hall–Kier alpha value is -0.890. The summed E-state index contributed by atoms with van der Waals surface area (Å²) >= 11 is 0. The van der Waals surface area contributed by atoms with E-state index in [-0.39, 0.29) is 5.82 Å². The van der Waals surface area contributed by atoms with E-state index in [0.29, 0.717) is 12.1 Å². The lowest BCUT2D eigenvalue weighted by atomic mass is 10.00.